The number of Topliss-reactive ketones (excluding diaryl/α,β-unsaturated/α-hetero) is 2. The Labute approximate surface area is 239 Å². The molecule has 8 nitrogen and oxygen atoms in total. The van der Waals surface area contributed by atoms with Crippen molar-refractivity contribution in [1.29, 1.82) is 0 Å². The van der Waals surface area contributed by atoms with E-state index in [1.165, 1.54) is 13.0 Å². The van der Waals surface area contributed by atoms with Crippen molar-refractivity contribution in [2.45, 2.75) is 90.1 Å². The van der Waals surface area contributed by atoms with Gasteiger partial charge in [0.2, 0.25) is 0 Å². The third kappa shape index (κ3) is 3.52. The number of ether oxygens (including phenoxy) is 3. The van der Waals surface area contributed by atoms with Gasteiger partial charge in [0.15, 0.2) is 22.8 Å². The standard InChI is InChI=1S/C33H36O8/c1-16(2)8-9-20-26-19(11-12-30(4,5)39-26)24(34)23-25(35)21-14-18-15-22-31(6,7)41-32(28(18)36,13-10-17(3)29(37)38)33(21,22)40-27(20)23/h8,10-12,14,18,22,34H,9,13,15H2,1-7H3,(H,37,38)/b17-10+/t18?,22?,32?,33-/m1/s1. The Morgan fingerprint density at radius 2 is 1.78 bits per heavy atom. The molecule has 2 fully saturated rings. The molecule has 6 aliphatic rings. The quantitative estimate of drug-likeness (QED) is 0.357. The van der Waals surface area contributed by atoms with E-state index in [0.29, 0.717) is 35.3 Å². The smallest absolute Gasteiger partial charge is 0.330 e. The maximum Gasteiger partial charge on any atom is 0.330 e. The minimum atomic E-state index is -1.61. The van der Waals surface area contributed by atoms with Gasteiger partial charge in [0.05, 0.1) is 11.2 Å². The number of phenols is 1. The molecular weight excluding hydrogens is 524 g/mol. The molecule has 0 amide bonds. The summed E-state index contributed by atoms with van der Waals surface area (Å²) in [5.74, 6) is -2.29. The van der Waals surface area contributed by atoms with Gasteiger partial charge in [-0.2, -0.15) is 0 Å². The van der Waals surface area contributed by atoms with Crippen LogP contribution in [0.15, 0.2) is 41.0 Å². The molecule has 4 bridgehead atoms. The van der Waals surface area contributed by atoms with Crippen LogP contribution in [0.5, 0.6) is 17.2 Å². The summed E-state index contributed by atoms with van der Waals surface area (Å²) in [4.78, 5) is 40.4. The number of allylic oxidation sites excluding steroid dienone is 3. The molecular formula is C33H36O8. The zero-order chi connectivity index (χ0) is 29.9. The normalized spacial score (nSPS) is 31.4. The average molecular weight is 561 g/mol. The highest BCUT2D eigenvalue weighted by Gasteiger charge is 2.81. The number of carbonyl (C=O) groups is 3. The highest BCUT2D eigenvalue weighted by Crippen LogP contribution is 2.68. The van der Waals surface area contributed by atoms with E-state index in [9.17, 15) is 24.6 Å². The molecule has 3 unspecified atom stereocenters. The van der Waals surface area contributed by atoms with Crippen molar-refractivity contribution in [1.82, 2.24) is 0 Å². The lowest BCUT2D eigenvalue weighted by Crippen LogP contribution is -2.72. The van der Waals surface area contributed by atoms with Crippen molar-refractivity contribution in [3.05, 3.63) is 57.7 Å². The lowest BCUT2D eigenvalue weighted by atomic mass is 9.51. The fourth-order valence-corrected chi connectivity index (χ4v) is 7.44. The van der Waals surface area contributed by atoms with Crippen LogP contribution in [0, 0.1) is 11.8 Å². The lowest BCUT2D eigenvalue weighted by Gasteiger charge is -2.56. The van der Waals surface area contributed by atoms with Crippen LogP contribution in [0.3, 0.4) is 0 Å². The fraction of sp³-hybridized carbons (Fsp3) is 0.485. The summed E-state index contributed by atoms with van der Waals surface area (Å²) >= 11 is 0. The van der Waals surface area contributed by atoms with Gasteiger partial charge in [0.25, 0.3) is 0 Å². The third-order valence-electron chi connectivity index (χ3n) is 9.37. The topological polar surface area (TPSA) is 119 Å². The Morgan fingerprint density at radius 1 is 1.07 bits per heavy atom. The van der Waals surface area contributed by atoms with Crippen LogP contribution >= 0.6 is 0 Å². The number of phenolic OH excluding ortho intramolecular Hbond substituents is 1. The molecule has 4 atom stereocenters. The van der Waals surface area contributed by atoms with Gasteiger partial charge in [-0.3, -0.25) is 9.59 Å². The number of carboxylic acid groups (broad SMARTS) is 1. The number of carbonyl (C=O) groups excluding carboxylic acids is 2. The molecule has 0 radical (unpaired) electrons. The minimum Gasteiger partial charge on any atom is -0.506 e. The fourth-order valence-electron chi connectivity index (χ4n) is 7.44. The summed E-state index contributed by atoms with van der Waals surface area (Å²) in [6.45, 7) is 13.0. The van der Waals surface area contributed by atoms with Crippen LogP contribution in [-0.4, -0.2) is 50.2 Å². The Morgan fingerprint density at radius 3 is 2.44 bits per heavy atom. The van der Waals surface area contributed by atoms with E-state index in [1.54, 1.807) is 12.2 Å². The maximum atomic E-state index is 14.5. The van der Waals surface area contributed by atoms with Crippen LogP contribution in [0.25, 0.3) is 6.08 Å². The molecule has 1 saturated heterocycles. The van der Waals surface area contributed by atoms with Gasteiger partial charge < -0.3 is 24.4 Å². The van der Waals surface area contributed by atoms with E-state index in [2.05, 4.69) is 0 Å². The van der Waals surface area contributed by atoms with E-state index >= 15 is 0 Å². The van der Waals surface area contributed by atoms with E-state index in [-0.39, 0.29) is 40.8 Å². The van der Waals surface area contributed by atoms with E-state index in [1.807, 2.05) is 53.7 Å². The first-order chi connectivity index (χ1) is 19.1. The van der Waals surface area contributed by atoms with Crippen molar-refractivity contribution in [2.24, 2.45) is 11.8 Å². The molecule has 8 heteroatoms. The van der Waals surface area contributed by atoms with Crippen LogP contribution < -0.4 is 9.47 Å². The van der Waals surface area contributed by atoms with Crippen molar-refractivity contribution < 1.29 is 38.8 Å². The zero-order valence-electron chi connectivity index (χ0n) is 24.5. The first-order valence-electron chi connectivity index (χ1n) is 14.1. The number of ketones is 2. The van der Waals surface area contributed by atoms with Crippen molar-refractivity contribution in [3.8, 4) is 17.2 Å². The van der Waals surface area contributed by atoms with Crippen LogP contribution in [0.1, 0.15) is 82.8 Å². The third-order valence-corrected chi connectivity index (χ3v) is 9.37. The number of benzene rings is 1. The summed E-state index contributed by atoms with van der Waals surface area (Å²) in [6, 6.07) is 0. The second-order valence-corrected chi connectivity index (χ2v) is 13.2. The predicted octanol–water partition coefficient (Wildman–Crippen LogP) is 5.51. The molecule has 3 aliphatic carbocycles. The van der Waals surface area contributed by atoms with Gasteiger partial charge in [0.1, 0.15) is 28.4 Å². The molecule has 1 aromatic rings. The van der Waals surface area contributed by atoms with E-state index in [4.69, 9.17) is 14.2 Å². The number of aliphatic carboxylic acids is 1. The molecule has 41 heavy (non-hydrogen) atoms. The second-order valence-electron chi connectivity index (χ2n) is 13.2. The molecule has 0 aromatic heterocycles. The number of fused-ring (bicyclic) bond motifs is 2. The van der Waals surface area contributed by atoms with Gasteiger partial charge in [-0.05, 0) is 73.5 Å². The van der Waals surface area contributed by atoms with Crippen LogP contribution in [-0.2, 0) is 20.7 Å². The van der Waals surface area contributed by atoms with Gasteiger partial charge >= 0.3 is 5.97 Å². The van der Waals surface area contributed by atoms with Gasteiger partial charge in [-0.1, -0.05) is 23.8 Å². The number of hydrogen-bond acceptors (Lipinski definition) is 7. The molecule has 1 spiro atoms. The molecule has 3 heterocycles. The van der Waals surface area contributed by atoms with Gasteiger partial charge in [0, 0.05) is 35.0 Å². The van der Waals surface area contributed by atoms with E-state index in [0.717, 1.165) is 5.57 Å². The first-order valence-corrected chi connectivity index (χ1v) is 14.1. The van der Waals surface area contributed by atoms with Crippen molar-refractivity contribution in [2.75, 3.05) is 0 Å². The Hall–Kier alpha value is -3.65. The Balaban J connectivity index is 1.66. The lowest BCUT2D eigenvalue weighted by molar-refractivity contribution is -0.171. The average Bonchev–Trinajstić information content (AvgIpc) is 3.03. The largest absolute Gasteiger partial charge is 0.506 e. The van der Waals surface area contributed by atoms with Gasteiger partial charge in [-0.25, -0.2) is 4.79 Å². The first kappa shape index (κ1) is 27.5. The molecule has 3 aliphatic heterocycles. The zero-order valence-corrected chi connectivity index (χ0v) is 24.5. The second kappa shape index (κ2) is 8.44. The molecule has 1 aromatic carbocycles. The van der Waals surface area contributed by atoms with Crippen LogP contribution in [0.2, 0.25) is 0 Å². The summed E-state index contributed by atoms with van der Waals surface area (Å²) < 4.78 is 20.1. The summed E-state index contributed by atoms with van der Waals surface area (Å²) in [5.41, 5.74) is -2.14. The van der Waals surface area contributed by atoms with Crippen molar-refractivity contribution >= 4 is 23.6 Å². The Bertz CT molecular complexity index is 1560. The van der Waals surface area contributed by atoms with Crippen molar-refractivity contribution in [3.63, 3.8) is 0 Å². The summed E-state index contributed by atoms with van der Waals surface area (Å²) in [7, 11) is 0. The summed E-state index contributed by atoms with van der Waals surface area (Å²) in [6.07, 6.45) is 9.54. The molecule has 7 rings (SSSR count). The number of hydrogen-bond donors (Lipinski definition) is 2. The minimum absolute atomic E-state index is 0.0513. The number of rotatable bonds is 5. The Kier molecular flexibility index (Phi) is 5.67. The number of aromatic hydroxyl groups is 1. The molecule has 1 saturated carbocycles. The van der Waals surface area contributed by atoms with E-state index < -0.39 is 40.1 Å². The predicted molar refractivity (Wildman–Crippen MR) is 151 cm³/mol. The highest BCUT2D eigenvalue weighted by molar-refractivity contribution is 6.19. The van der Waals surface area contributed by atoms with Crippen LogP contribution in [0.4, 0.5) is 0 Å². The molecule has 2 N–H and O–H groups in total. The number of carboxylic acids is 1. The summed E-state index contributed by atoms with van der Waals surface area (Å²) in [5, 5.41) is 21.1. The SMILES string of the molecule is CC(C)=CCc1c2c(c(O)c3c1O[C@]14C(=CC5CC1C(C)(C)OC4(C/C=C(\C)C(=O)O)C5=O)C3=O)C=CC(C)(C)O2. The monoisotopic (exact) mass is 560 g/mol. The highest BCUT2D eigenvalue weighted by atomic mass is 16.6. The molecule has 216 valence electrons. The maximum absolute atomic E-state index is 14.5. The van der Waals surface area contributed by atoms with Gasteiger partial charge in [-0.15, -0.1) is 0 Å².